The molecular formula is C21H26FN3O3S. The van der Waals surface area contributed by atoms with Crippen LogP contribution in [0.15, 0.2) is 54.6 Å². The molecular weight excluding hydrogens is 393 g/mol. The fourth-order valence-corrected chi connectivity index (χ4v) is 4.81. The fourth-order valence-electron chi connectivity index (χ4n) is 3.64. The van der Waals surface area contributed by atoms with Crippen LogP contribution < -0.4 is 4.31 Å². The number of benzene rings is 2. The third-order valence-electron chi connectivity index (χ3n) is 5.09. The van der Waals surface area contributed by atoms with Gasteiger partial charge in [-0.25, -0.2) is 12.8 Å². The number of amides is 1. The summed E-state index contributed by atoms with van der Waals surface area (Å²) in [7, 11) is -3.84. The Labute approximate surface area is 171 Å². The molecule has 0 N–H and O–H groups in total. The Morgan fingerprint density at radius 2 is 1.62 bits per heavy atom. The second-order valence-corrected chi connectivity index (χ2v) is 9.13. The van der Waals surface area contributed by atoms with Crippen molar-refractivity contribution in [3.63, 3.8) is 0 Å². The number of sulfonamides is 1. The van der Waals surface area contributed by atoms with E-state index in [0.717, 1.165) is 17.1 Å². The number of hydrogen-bond donors (Lipinski definition) is 0. The van der Waals surface area contributed by atoms with Gasteiger partial charge < -0.3 is 4.90 Å². The lowest BCUT2D eigenvalue weighted by atomic mass is 10.2. The molecule has 6 nitrogen and oxygen atoms in total. The summed E-state index contributed by atoms with van der Waals surface area (Å²) in [6.45, 7) is 4.73. The van der Waals surface area contributed by atoms with E-state index >= 15 is 0 Å². The summed E-state index contributed by atoms with van der Waals surface area (Å²) in [4.78, 5) is 16.9. The number of anilines is 1. The molecule has 3 rings (SSSR count). The zero-order valence-corrected chi connectivity index (χ0v) is 17.5. The van der Waals surface area contributed by atoms with Crippen LogP contribution in [-0.2, 0) is 21.4 Å². The van der Waals surface area contributed by atoms with Crippen LogP contribution in [0.1, 0.15) is 12.5 Å². The number of halogens is 1. The van der Waals surface area contributed by atoms with Crippen molar-refractivity contribution in [2.45, 2.75) is 19.5 Å². The van der Waals surface area contributed by atoms with E-state index in [9.17, 15) is 17.6 Å². The smallest absolute Gasteiger partial charge is 0.246 e. The van der Waals surface area contributed by atoms with E-state index in [2.05, 4.69) is 17.0 Å². The van der Waals surface area contributed by atoms with Gasteiger partial charge in [-0.3, -0.25) is 14.0 Å². The lowest BCUT2D eigenvalue weighted by Gasteiger charge is -2.38. The van der Waals surface area contributed by atoms with Gasteiger partial charge in [-0.05, 0) is 24.6 Å². The minimum Gasteiger partial charge on any atom is -0.338 e. The largest absolute Gasteiger partial charge is 0.338 e. The summed E-state index contributed by atoms with van der Waals surface area (Å²) in [5.41, 5.74) is 1.10. The zero-order chi connectivity index (χ0) is 21.0. The molecule has 0 aliphatic carbocycles. The number of nitrogens with zero attached hydrogens (tertiary/aromatic N) is 3. The maximum absolute atomic E-state index is 14.3. The fraction of sp³-hybridized carbons (Fsp3) is 0.381. The topological polar surface area (TPSA) is 60.9 Å². The molecule has 1 saturated heterocycles. The molecule has 0 bridgehead atoms. The monoisotopic (exact) mass is 419 g/mol. The Morgan fingerprint density at radius 3 is 2.21 bits per heavy atom. The van der Waals surface area contributed by atoms with Crippen molar-refractivity contribution < 1.29 is 17.6 Å². The second-order valence-electron chi connectivity index (χ2n) is 7.27. The van der Waals surface area contributed by atoms with Crippen LogP contribution in [0.4, 0.5) is 10.1 Å². The average molecular weight is 420 g/mol. The van der Waals surface area contributed by atoms with Gasteiger partial charge in [0.1, 0.15) is 11.9 Å². The first-order chi connectivity index (χ1) is 13.8. The van der Waals surface area contributed by atoms with Crippen molar-refractivity contribution in [1.82, 2.24) is 9.80 Å². The normalized spacial score (nSPS) is 16.4. The molecule has 0 aromatic heterocycles. The highest BCUT2D eigenvalue weighted by Crippen LogP contribution is 2.25. The van der Waals surface area contributed by atoms with Crippen LogP contribution in [0.3, 0.4) is 0 Å². The minimum absolute atomic E-state index is 0.112. The quantitative estimate of drug-likeness (QED) is 0.721. The summed E-state index contributed by atoms with van der Waals surface area (Å²) < 4.78 is 39.8. The third kappa shape index (κ3) is 5.13. The van der Waals surface area contributed by atoms with Gasteiger partial charge in [0, 0.05) is 32.7 Å². The summed E-state index contributed by atoms with van der Waals surface area (Å²) >= 11 is 0. The van der Waals surface area contributed by atoms with Crippen LogP contribution in [0.25, 0.3) is 0 Å². The van der Waals surface area contributed by atoms with Gasteiger partial charge in [-0.2, -0.15) is 0 Å². The van der Waals surface area contributed by atoms with Crippen molar-refractivity contribution in [3.8, 4) is 0 Å². The van der Waals surface area contributed by atoms with Crippen molar-refractivity contribution in [3.05, 3.63) is 66.0 Å². The van der Waals surface area contributed by atoms with Crippen molar-refractivity contribution in [1.29, 1.82) is 0 Å². The lowest BCUT2D eigenvalue weighted by molar-refractivity contribution is -0.133. The van der Waals surface area contributed by atoms with Gasteiger partial charge in [0.05, 0.1) is 11.9 Å². The van der Waals surface area contributed by atoms with E-state index in [4.69, 9.17) is 0 Å². The zero-order valence-electron chi connectivity index (χ0n) is 16.7. The van der Waals surface area contributed by atoms with Gasteiger partial charge in [0.2, 0.25) is 15.9 Å². The Morgan fingerprint density at radius 1 is 1.03 bits per heavy atom. The Bertz CT molecular complexity index is 945. The first-order valence-corrected chi connectivity index (χ1v) is 11.4. The van der Waals surface area contributed by atoms with Crippen molar-refractivity contribution in [2.24, 2.45) is 0 Å². The number of hydrogen-bond acceptors (Lipinski definition) is 4. The van der Waals surface area contributed by atoms with E-state index in [1.165, 1.54) is 30.7 Å². The molecule has 1 aliphatic rings. The molecule has 0 saturated carbocycles. The van der Waals surface area contributed by atoms with Gasteiger partial charge in [-0.1, -0.05) is 42.5 Å². The number of para-hydroxylation sites is 1. The predicted octanol–water partition coefficient (Wildman–Crippen LogP) is 2.32. The van der Waals surface area contributed by atoms with Crippen molar-refractivity contribution >= 4 is 21.6 Å². The maximum Gasteiger partial charge on any atom is 0.246 e. The van der Waals surface area contributed by atoms with Crippen LogP contribution in [-0.4, -0.2) is 62.6 Å². The summed E-state index contributed by atoms with van der Waals surface area (Å²) in [6.07, 6.45) is 0.987. The van der Waals surface area contributed by atoms with E-state index in [0.29, 0.717) is 26.2 Å². The molecule has 8 heteroatoms. The van der Waals surface area contributed by atoms with Crippen LogP contribution in [0.5, 0.6) is 0 Å². The first kappa shape index (κ1) is 21.3. The van der Waals surface area contributed by atoms with Crippen molar-refractivity contribution in [2.75, 3.05) is 36.7 Å². The minimum atomic E-state index is -3.84. The molecule has 1 atom stereocenters. The number of carbonyl (C=O) groups excluding carboxylic acids is 1. The molecule has 156 valence electrons. The first-order valence-electron chi connectivity index (χ1n) is 9.56. The number of piperazine rings is 1. The SMILES string of the molecule is C[C@@H](C(=O)N1CCN(Cc2ccccc2)CC1)N(c1ccccc1F)S(C)(=O)=O. The molecule has 2 aromatic carbocycles. The molecule has 29 heavy (non-hydrogen) atoms. The summed E-state index contributed by atoms with van der Waals surface area (Å²) in [5, 5.41) is 0. The van der Waals surface area contributed by atoms with Crippen LogP contribution >= 0.6 is 0 Å². The second kappa shape index (κ2) is 8.92. The van der Waals surface area contributed by atoms with E-state index in [-0.39, 0.29) is 11.6 Å². The highest BCUT2D eigenvalue weighted by Gasteiger charge is 2.34. The summed E-state index contributed by atoms with van der Waals surface area (Å²) in [6, 6.07) is 14.7. The molecule has 2 aromatic rings. The highest BCUT2D eigenvalue weighted by atomic mass is 32.2. The highest BCUT2D eigenvalue weighted by molar-refractivity contribution is 7.92. The Kier molecular flexibility index (Phi) is 6.54. The summed E-state index contributed by atoms with van der Waals surface area (Å²) in [5.74, 6) is -0.997. The predicted molar refractivity (Wildman–Crippen MR) is 111 cm³/mol. The average Bonchev–Trinajstić information content (AvgIpc) is 2.69. The number of carbonyl (C=O) groups is 1. The van der Waals surface area contributed by atoms with Gasteiger partial charge in [0.15, 0.2) is 0 Å². The Balaban J connectivity index is 1.68. The molecule has 1 aliphatic heterocycles. The van der Waals surface area contributed by atoms with Crippen LogP contribution in [0.2, 0.25) is 0 Å². The molecule has 1 heterocycles. The Hall–Kier alpha value is -2.45. The van der Waals surface area contributed by atoms with E-state index in [1.54, 1.807) is 11.0 Å². The van der Waals surface area contributed by atoms with Gasteiger partial charge in [-0.15, -0.1) is 0 Å². The van der Waals surface area contributed by atoms with Gasteiger partial charge in [0.25, 0.3) is 0 Å². The molecule has 1 fully saturated rings. The third-order valence-corrected chi connectivity index (χ3v) is 6.32. The van der Waals surface area contributed by atoms with Gasteiger partial charge >= 0.3 is 0 Å². The molecule has 1 amide bonds. The maximum atomic E-state index is 14.3. The number of rotatable bonds is 6. The van der Waals surface area contributed by atoms with E-state index in [1.807, 2.05) is 18.2 Å². The molecule has 0 spiro atoms. The molecule has 0 unspecified atom stereocenters. The standard InChI is InChI=1S/C21H26FN3O3S/c1-17(25(29(2,27)28)20-11-7-6-10-19(20)22)21(26)24-14-12-23(13-15-24)16-18-8-4-3-5-9-18/h3-11,17H,12-16H2,1-2H3/t17-/m0/s1. The van der Waals surface area contributed by atoms with Crippen LogP contribution in [0, 0.1) is 5.82 Å². The van der Waals surface area contributed by atoms with E-state index < -0.39 is 21.9 Å². The molecule has 0 radical (unpaired) electrons. The lowest BCUT2D eigenvalue weighted by Crippen LogP contribution is -2.55.